The first kappa shape index (κ1) is 22.7. The summed E-state index contributed by atoms with van der Waals surface area (Å²) in [5.41, 5.74) is 3.08. The van der Waals surface area contributed by atoms with Crippen LogP contribution in [-0.4, -0.2) is 39.0 Å². The number of pyridine rings is 1. The van der Waals surface area contributed by atoms with Crippen LogP contribution in [-0.2, 0) is 4.79 Å². The maximum Gasteiger partial charge on any atom is 0.223 e. The van der Waals surface area contributed by atoms with E-state index in [4.69, 9.17) is 16.3 Å². The van der Waals surface area contributed by atoms with Crippen LogP contribution in [0.4, 0.5) is 0 Å². The summed E-state index contributed by atoms with van der Waals surface area (Å²) in [6.07, 6.45) is 9.40. The molecule has 2 aromatic heterocycles. The molecule has 1 amide bonds. The highest BCUT2D eigenvalue weighted by Gasteiger charge is 2.42. The van der Waals surface area contributed by atoms with Gasteiger partial charge in [0, 0.05) is 30.1 Å². The summed E-state index contributed by atoms with van der Waals surface area (Å²) in [7, 11) is 0. The molecule has 0 aliphatic carbocycles. The van der Waals surface area contributed by atoms with E-state index < -0.39 is 0 Å². The van der Waals surface area contributed by atoms with Crippen LogP contribution in [0.3, 0.4) is 0 Å². The Morgan fingerprint density at radius 3 is 2.66 bits per heavy atom. The highest BCUT2D eigenvalue weighted by Crippen LogP contribution is 2.41. The van der Waals surface area contributed by atoms with Crippen LogP contribution in [0.5, 0.6) is 5.75 Å². The van der Waals surface area contributed by atoms with Crippen molar-refractivity contribution in [3.8, 4) is 11.8 Å². The zero-order valence-corrected chi connectivity index (χ0v) is 19.9. The molecule has 170 valence electrons. The van der Waals surface area contributed by atoms with Gasteiger partial charge in [-0.15, -0.1) is 0 Å². The van der Waals surface area contributed by atoms with Crippen molar-refractivity contribution in [3.63, 3.8) is 0 Å². The first-order valence-electron chi connectivity index (χ1n) is 11.5. The van der Waals surface area contributed by atoms with Crippen molar-refractivity contribution in [1.82, 2.24) is 14.9 Å². The molecule has 2 aromatic rings. The van der Waals surface area contributed by atoms with Crippen molar-refractivity contribution in [3.05, 3.63) is 34.6 Å². The van der Waals surface area contributed by atoms with Crippen LogP contribution in [0, 0.1) is 17.2 Å². The van der Waals surface area contributed by atoms with Crippen molar-refractivity contribution in [2.75, 3.05) is 0 Å². The summed E-state index contributed by atoms with van der Waals surface area (Å²) < 4.78 is 5.81. The molecule has 2 aliphatic rings. The van der Waals surface area contributed by atoms with Crippen LogP contribution in [0.1, 0.15) is 71.3 Å². The zero-order valence-electron chi connectivity index (χ0n) is 19.2. The van der Waals surface area contributed by atoms with E-state index in [0.717, 1.165) is 36.6 Å². The fourth-order valence-electron chi connectivity index (χ4n) is 5.34. The minimum Gasteiger partial charge on any atom is -0.488 e. The van der Waals surface area contributed by atoms with Gasteiger partial charge in [0.1, 0.15) is 5.65 Å². The highest BCUT2D eigenvalue weighted by molar-refractivity contribution is 6.37. The molecule has 3 atom stereocenters. The molecule has 6 nitrogen and oxygen atoms in total. The molecule has 4 rings (SSSR count). The van der Waals surface area contributed by atoms with Gasteiger partial charge in [0.05, 0.1) is 29.3 Å². The molecule has 0 aromatic carbocycles. The number of halogens is 1. The number of piperidine rings is 2. The standard InChI is InChI=1S/C25H31ClN4O2/c1-5-16-7-18-9-17(11-27)10-19(8-16)30(18)22(31)6-15(4)20-12-28-25-23(20)24(26)21(13-29-25)32-14(2)3/h5,12-15,17-19H,6-10H2,1-4H3,(H,28,29). The lowest BCUT2D eigenvalue weighted by atomic mass is 9.76. The molecule has 4 heterocycles. The first-order valence-corrected chi connectivity index (χ1v) is 11.9. The Bertz CT molecular complexity index is 1070. The summed E-state index contributed by atoms with van der Waals surface area (Å²) in [4.78, 5) is 23.2. The number of nitrogens with zero attached hydrogens (tertiary/aromatic N) is 3. The average Bonchev–Trinajstić information content (AvgIpc) is 3.19. The quantitative estimate of drug-likeness (QED) is 0.584. The number of H-pyrrole nitrogens is 1. The van der Waals surface area contributed by atoms with Gasteiger partial charge in [-0.2, -0.15) is 5.26 Å². The van der Waals surface area contributed by atoms with E-state index in [2.05, 4.69) is 40.9 Å². The number of allylic oxidation sites excluding steroid dienone is 1. The fourth-order valence-corrected chi connectivity index (χ4v) is 5.64. The molecule has 0 saturated carbocycles. The van der Waals surface area contributed by atoms with E-state index in [9.17, 15) is 10.1 Å². The first-order chi connectivity index (χ1) is 15.3. The van der Waals surface area contributed by atoms with E-state index in [-0.39, 0.29) is 35.9 Å². The predicted molar refractivity (Wildman–Crippen MR) is 126 cm³/mol. The SMILES string of the molecule is CC=C1CC2CC(C#N)CC(C1)N2C(=O)CC(C)c1c[nH]c2ncc(OC(C)C)c(Cl)c12. The number of rotatable bonds is 5. The van der Waals surface area contributed by atoms with Gasteiger partial charge in [-0.1, -0.05) is 30.2 Å². The Morgan fingerprint density at radius 2 is 2.06 bits per heavy atom. The van der Waals surface area contributed by atoms with Crippen molar-refractivity contribution in [2.45, 2.75) is 83.9 Å². The van der Waals surface area contributed by atoms with Crippen LogP contribution >= 0.6 is 11.6 Å². The van der Waals surface area contributed by atoms with Gasteiger partial charge in [0.15, 0.2) is 5.75 Å². The van der Waals surface area contributed by atoms with E-state index in [1.54, 1.807) is 6.20 Å². The van der Waals surface area contributed by atoms with Gasteiger partial charge in [-0.05, 0) is 57.9 Å². The van der Waals surface area contributed by atoms with Crippen molar-refractivity contribution in [2.24, 2.45) is 5.92 Å². The molecular formula is C25H31ClN4O2. The molecule has 2 fully saturated rings. The second kappa shape index (κ2) is 9.15. The smallest absolute Gasteiger partial charge is 0.223 e. The molecule has 2 saturated heterocycles. The van der Waals surface area contributed by atoms with Crippen molar-refractivity contribution >= 4 is 28.5 Å². The molecule has 7 heteroatoms. The number of carbonyl (C=O) groups excluding carboxylic acids is 1. The Morgan fingerprint density at radius 1 is 1.38 bits per heavy atom. The lowest BCUT2D eigenvalue weighted by molar-refractivity contribution is -0.140. The Hall–Kier alpha value is -2.52. The minimum absolute atomic E-state index is 0.00838. The predicted octanol–water partition coefficient (Wildman–Crippen LogP) is 5.74. The van der Waals surface area contributed by atoms with Gasteiger partial charge in [-0.25, -0.2) is 4.98 Å². The van der Waals surface area contributed by atoms with Crippen molar-refractivity contribution in [1.29, 1.82) is 5.26 Å². The monoisotopic (exact) mass is 454 g/mol. The van der Waals surface area contributed by atoms with E-state index in [1.807, 2.05) is 20.0 Å². The minimum atomic E-state index is -0.0274. The number of aromatic nitrogens is 2. The van der Waals surface area contributed by atoms with Crippen LogP contribution < -0.4 is 4.74 Å². The highest BCUT2D eigenvalue weighted by atomic mass is 35.5. The summed E-state index contributed by atoms with van der Waals surface area (Å²) in [5.74, 6) is 0.732. The second-order valence-corrected chi connectivity index (χ2v) is 9.82. The van der Waals surface area contributed by atoms with E-state index in [0.29, 0.717) is 22.8 Å². The molecule has 0 radical (unpaired) electrons. The zero-order chi connectivity index (χ0) is 23.0. The molecule has 3 unspecified atom stereocenters. The second-order valence-electron chi connectivity index (χ2n) is 9.44. The Kier molecular flexibility index (Phi) is 6.48. The number of carbonyl (C=O) groups is 1. The van der Waals surface area contributed by atoms with Gasteiger partial charge in [0.25, 0.3) is 0 Å². The summed E-state index contributed by atoms with van der Waals surface area (Å²) in [6.45, 7) is 8.02. The molecule has 1 N–H and O–H groups in total. The normalized spacial score (nSPS) is 23.8. The number of ether oxygens (including phenoxy) is 1. The molecule has 32 heavy (non-hydrogen) atoms. The lowest BCUT2D eigenvalue weighted by Crippen LogP contribution is -2.55. The number of hydrogen-bond acceptors (Lipinski definition) is 4. The van der Waals surface area contributed by atoms with Gasteiger partial charge in [-0.3, -0.25) is 4.79 Å². The molecule has 0 spiro atoms. The number of aromatic amines is 1. The van der Waals surface area contributed by atoms with Crippen LogP contribution in [0.2, 0.25) is 5.02 Å². The van der Waals surface area contributed by atoms with E-state index >= 15 is 0 Å². The molecule has 2 aliphatic heterocycles. The topological polar surface area (TPSA) is 82.0 Å². The maximum atomic E-state index is 13.5. The fraction of sp³-hybridized carbons (Fsp3) is 0.560. The lowest BCUT2D eigenvalue weighted by Gasteiger charge is -2.48. The molecular weight excluding hydrogens is 424 g/mol. The Labute approximate surface area is 194 Å². The summed E-state index contributed by atoms with van der Waals surface area (Å²) in [6, 6.07) is 2.68. The number of hydrogen-bond donors (Lipinski definition) is 1. The summed E-state index contributed by atoms with van der Waals surface area (Å²) in [5, 5.41) is 10.8. The summed E-state index contributed by atoms with van der Waals surface area (Å²) >= 11 is 6.69. The third-order valence-electron chi connectivity index (χ3n) is 6.79. The number of fused-ring (bicyclic) bond motifs is 3. The van der Waals surface area contributed by atoms with Gasteiger partial charge >= 0.3 is 0 Å². The Balaban J connectivity index is 1.56. The van der Waals surface area contributed by atoms with E-state index in [1.165, 1.54) is 5.57 Å². The molecule has 2 bridgehead atoms. The third kappa shape index (κ3) is 4.23. The maximum absolute atomic E-state index is 13.5. The number of nitriles is 1. The average molecular weight is 455 g/mol. The third-order valence-corrected chi connectivity index (χ3v) is 7.16. The number of nitrogens with one attached hydrogen (secondary N) is 1. The van der Waals surface area contributed by atoms with Crippen LogP contribution in [0.25, 0.3) is 11.0 Å². The largest absolute Gasteiger partial charge is 0.488 e. The number of amides is 1. The van der Waals surface area contributed by atoms with Gasteiger partial charge in [0.2, 0.25) is 5.91 Å². The van der Waals surface area contributed by atoms with Crippen molar-refractivity contribution < 1.29 is 9.53 Å². The van der Waals surface area contributed by atoms with Gasteiger partial charge < -0.3 is 14.6 Å². The van der Waals surface area contributed by atoms with Crippen LogP contribution in [0.15, 0.2) is 24.0 Å².